The van der Waals surface area contributed by atoms with E-state index in [2.05, 4.69) is 14.8 Å². The Morgan fingerprint density at radius 3 is 2.70 bits per heavy atom. The first-order chi connectivity index (χ1) is 8.86. The highest BCUT2D eigenvalue weighted by atomic mass is 35.5. The van der Waals surface area contributed by atoms with Gasteiger partial charge in [-0.2, -0.15) is 17.4 Å². The van der Waals surface area contributed by atoms with Crippen molar-refractivity contribution in [3.05, 3.63) is 0 Å². The van der Waals surface area contributed by atoms with Crippen LogP contribution in [-0.2, 0) is 19.7 Å². The average molecular weight is 330 g/mol. The Kier molecular flexibility index (Phi) is 8.60. The molecule has 0 aliphatic carbocycles. The molecule has 2 atom stereocenters. The predicted octanol–water partition coefficient (Wildman–Crippen LogP) is -0.264. The van der Waals surface area contributed by atoms with Gasteiger partial charge in [0.2, 0.25) is 0 Å². The van der Waals surface area contributed by atoms with E-state index in [1.165, 1.54) is 14.2 Å². The van der Waals surface area contributed by atoms with Crippen molar-refractivity contribution in [3.8, 4) is 0 Å². The van der Waals surface area contributed by atoms with E-state index in [0.717, 1.165) is 23.8 Å². The molecule has 2 N–H and O–H groups in total. The summed E-state index contributed by atoms with van der Waals surface area (Å²) in [5, 5.41) is 3.22. The molecule has 1 saturated heterocycles. The van der Waals surface area contributed by atoms with Gasteiger partial charge in [0.15, 0.2) is 0 Å². The van der Waals surface area contributed by atoms with Crippen LogP contribution in [0.4, 0.5) is 0 Å². The van der Waals surface area contributed by atoms with Crippen LogP contribution in [0, 0.1) is 5.92 Å². The molecule has 1 aliphatic heterocycles. The van der Waals surface area contributed by atoms with Crippen molar-refractivity contribution in [2.45, 2.75) is 25.8 Å². The van der Waals surface area contributed by atoms with Crippen molar-refractivity contribution in [2.75, 3.05) is 33.8 Å². The van der Waals surface area contributed by atoms with Crippen LogP contribution in [0.3, 0.4) is 0 Å². The smallest absolute Gasteiger partial charge is 0.306 e. The van der Waals surface area contributed by atoms with Gasteiger partial charge in [-0.15, -0.1) is 12.4 Å². The minimum Gasteiger partial charge on any atom is -0.469 e. The molecule has 0 aromatic rings. The standard InChI is InChI=1S/C11H23N3O4S.ClH/c1-9-8-12-6-4-10(9)13-19(16,17)14(2)7-5-11(15)18-3;/h9-10,12-13H,4-8H2,1-3H3;1H. The van der Waals surface area contributed by atoms with E-state index in [-0.39, 0.29) is 37.3 Å². The molecular formula is C11H24ClN3O4S. The van der Waals surface area contributed by atoms with Gasteiger partial charge in [-0.05, 0) is 25.4 Å². The average Bonchev–Trinajstić information content (AvgIpc) is 2.37. The van der Waals surface area contributed by atoms with Crippen molar-refractivity contribution in [1.82, 2.24) is 14.3 Å². The Morgan fingerprint density at radius 2 is 2.15 bits per heavy atom. The third-order valence-corrected chi connectivity index (χ3v) is 4.96. The second kappa shape index (κ2) is 8.78. The van der Waals surface area contributed by atoms with E-state index < -0.39 is 16.2 Å². The maximum absolute atomic E-state index is 12.1. The molecule has 0 bridgehead atoms. The Hall–Kier alpha value is -0.410. The number of hydrogen-bond acceptors (Lipinski definition) is 5. The molecule has 0 radical (unpaired) electrons. The lowest BCUT2D eigenvalue weighted by Gasteiger charge is -2.31. The molecule has 1 rings (SSSR count). The molecule has 1 heterocycles. The van der Waals surface area contributed by atoms with Gasteiger partial charge in [0.25, 0.3) is 10.2 Å². The van der Waals surface area contributed by atoms with E-state index in [0.29, 0.717) is 0 Å². The summed E-state index contributed by atoms with van der Waals surface area (Å²) in [4.78, 5) is 11.0. The zero-order valence-corrected chi connectivity index (χ0v) is 13.7. The molecule has 1 fully saturated rings. The van der Waals surface area contributed by atoms with Gasteiger partial charge in [-0.3, -0.25) is 4.79 Å². The molecule has 120 valence electrons. The number of carbonyl (C=O) groups is 1. The Morgan fingerprint density at radius 1 is 1.50 bits per heavy atom. The number of nitrogens with zero attached hydrogens (tertiary/aromatic N) is 1. The number of esters is 1. The van der Waals surface area contributed by atoms with Crippen LogP contribution >= 0.6 is 12.4 Å². The van der Waals surface area contributed by atoms with Gasteiger partial charge in [-0.1, -0.05) is 6.92 Å². The number of rotatable bonds is 6. The molecule has 7 nitrogen and oxygen atoms in total. The number of nitrogens with one attached hydrogen (secondary N) is 2. The van der Waals surface area contributed by atoms with Gasteiger partial charge < -0.3 is 10.1 Å². The lowest BCUT2D eigenvalue weighted by Crippen LogP contribution is -2.51. The molecule has 0 spiro atoms. The molecule has 20 heavy (non-hydrogen) atoms. The first-order valence-electron chi connectivity index (χ1n) is 6.38. The third-order valence-electron chi connectivity index (χ3n) is 3.35. The fourth-order valence-electron chi connectivity index (χ4n) is 1.94. The Bertz CT molecular complexity index is 404. The highest BCUT2D eigenvalue weighted by molar-refractivity contribution is 7.87. The summed E-state index contributed by atoms with van der Waals surface area (Å²) in [7, 11) is -0.810. The Labute approximate surface area is 127 Å². The van der Waals surface area contributed by atoms with Crippen molar-refractivity contribution in [2.24, 2.45) is 5.92 Å². The number of methoxy groups -OCH3 is 1. The number of carbonyl (C=O) groups excluding carboxylic acids is 1. The van der Waals surface area contributed by atoms with Gasteiger partial charge in [0.1, 0.15) is 0 Å². The quantitative estimate of drug-likeness (QED) is 0.655. The molecule has 1 aliphatic rings. The fraction of sp³-hybridized carbons (Fsp3) is 0.909. The second-order valence-electron chi connectivity index (χ2n) is 4.85. The van der Waals surface area contributed by atoms with E-state index in [1.54, 1.807) is 0 Å². The number of halogens is 1. The van der Waals surface area contributed by atoms with Crippen molar-refractivity contribution in [3.63, 3.8) is 0 Å². The lowest BCUT2D eigenvalue weighted by atomic mass is 9.97. The minimum absolute atomic E-state index is 0. The van der Waals surface area contributed by atoms with Gasteiger partial charge in [0, 0.05) is 19.6 Å². The zero-order valence-electron chi connectivity index (χ0n) is 12.1. The number of hydrogen-bond donors (Lipinski definition) is 2. The number of piperidine rings is 1. The van der Waals surface area contributed by atoms with Crippen LogP contribution in [0.15, 0.2) is 0 Å². The molecule has 0 saturated carbocycles. The van der Waals surface area contributed by atoms with E-state index >= 15 is 0 Å². The topological polar surface area (TPSA) is 87.7 Å². The third kappa shape index (κ3) is 5.92. The molecule has 0 amide bonds. The molecular weight excluding hydrogens is 306 g/mol. The largest absolute Gasteiger partial charge is 0.469 e. The summed E-state index contributed by atoms with van der Waals surface area (Å²) in [6.45, 7) is 3.73. The van der Waals surface area contributed by atoms with Crippen LogP contribution in [0.2, 0.25) is 0 Å². The first kappa shape index (κ1) is 19.6. The van der Waals surface area contributed by atoms with Crippen LogP contribution in [-0.4, -0.2) is 58.5 Å². The second-order valence-corrected chi connectivity index (χ2v) is 6.66. The number of ether oxygens (including phenoxy) is 1. The highest BCUT2D eigenvalue weighted by Crippen LogP contribution is 2.12. The van der Waals surface area contributed by atoms with Gasteiger partial charge in [0.05, 0.1) is 13.5 Å². The lowest BCUT2D eigenvalue weighted by molar-refractivity contribution is -0.140. The summed E-state index contributed by atoms with van der Waals surface area (Å²) in [6.07, 6.45) is 0.820. The van der Waals surface area contributed by atoms with Gasteiger partial charge in [-0.25, -0.2) is 0 Å². The summed E-state index contributed by atoms with van der Waals surface area (Å²) in [5.74, 6) is -0.171. The monoisotopic (exact) mass is 329 g/mol. The van der Waals surface area contributed by atoms with Crippen molar-refractivity contribution < 1.29 is 17.9 Å². The van der Waals surface area contributed by atoms with E-state index in [1.807, 2.05) is 6.92 Å². The molecule has 2 unspecified atom stereocenters. The summed E-state index contributed by atoms with van der Waals surface area (Å²) < 4.78 is 32.5. The molecule has 0 aromatic heterocycles. The van der Waals surface area contributed by atoms with Crippen LogP contribution in [0.25, 0.3) is 0 Å². The minimum atomic E-state index is -3.55. The summed E-state index contributed by atoms with van der Waals surface area (Å²) in [6, 6.07) is -0.0631. The molecule has 0 aromatic carbocycles. The van der Waals surface area contributed by atoms with Crippen molar-refractivity contribution >= 4 is 28.6 Å². The SMILES string of the molecule is COC(=O)CCN(C)S(=O)(=O)NC1CCNCC1C.Cl. The van der Waals surface area contributed by atoms with E-state index in [4.69, 9.17) is 0 Å². The molecule has 9 heteroatoms. The first-order valence-corrected chi connectivity index (χ1v) is 7.82. The maximum Gasteiger partial charge on any atom is 0.306 e. The normalized spacial score (nSPS) is 23.2. The van der Waals surface area contributed by atoms with Crippen LogP contribution in [0.1, 0.15) is 19.8 Å². The zero-order chi connectivity index (χ0) is 14.5. The van der Waals surface area contributed by atoms with Crippen LogP contribution < -0.4 is 10.0 Å². The predicted molar refractivity (Wildman–Crippen MR) is 79.0 cm³/mol. The van der Waals surface area contributed by atoms with Gasteiger partial charge >= 0.3 is 5.97 Å². The summed E-state index contributed by atoms with van der Waals surface area (Å²) >= 11 is 0. The Balaban J connectivity index is 0.00000361. The summed E-state index contributed by atoms with van der Waals surface area (Å²) in [5.41, 5.74) is 0. The maximum atomic E-state index is 12.1. The van der Waals surface area contributed by atoms with E-state index in [9.17, 15) is 13.2 Å². The fourth-order valence-corrected chi connectivity index (χ4v) is 3.19. The highest BCUT2D eigenvalue weighted by Gasteiger charge is 2.28. The van der Waals surface area contributed by atoms with Crippen LogP contribution in [0.5, 0.6) is 0 Å². The van der Waals surface area contributed by atoms with Crippen molar-refractivity contribution in [1.29, 1.82) is 0 Å².